The van der Waals surface area contributed by atoms with E-state index in [-0.39, 0.29) is 5.41 Å². The van der Waals surface area contributed by atoms with Gasteiger partial charge in [0.25, 0.3) is 0 Å². The lowest BCUT2D eigenvalue weighted by molar-refractivity contribution is 0.0138. The van der Waals surface area contributed by atoms with Crippen LogP contribution in [0.25, 0.3) is 11.0 Å². The van der Waals surface area contributed by atoms with Crippen LogP contribution in [0.15, 0.2) is 28.7 Å². The number of halogens is 1. The summed E-state index contributed by atoms with van der Waals surface area (Å²) in [7, 11) is 0. The first-order chi connectivity index (χ1) is 8.40. The predicted octanol–water partition coefficient (Wildman–Crippen LogP) is 4.48. The largest absolute Gasteiger partial charge is 0.456 e. The maximum absolute atomic E-state index is 10.8. The molecule has 2 aromatic rings. The van der Waals surface area contributed by atoms with Crippen molar-refractivity contribution >= 4 is 22.6 Å². The van der Waals surface area contributed by atoms with Crippen LogP contribution in [0.1, 0.15) is 38.9 Å². The Bertz CT molecular complexity index is 600. The fourth-order valence-electron chi connectivity index (χ4n) is 2.98. The van der Waals surface area contributed by atoms with E-state index >= 15 is 0 Å². The fraction of sp³-hybridized carbons (Fsp3) is 0.467. The van der Waals surface area contributed by atoms with Gasteiger partial charge in [-0.2, -0.15) is 0 Å². The number of rotatable bonds is 1. The summed E-state index contributed by atoms with van der Waals surface area (Å²) >= 11 is 6.10. The van der Waals surface area contributed by atoms with Gasteiger partial charge in [0.1, 0.15) is 11.4 Å². The summed E-state index contributed by atoms with van der Waals surface area (Å²) in [6, 6.07) is 7.58. The maximum Gasteiger partial charge on any atom is 0.153 e. The van der Waals surface area contributed by atoms with E-state index in [1.165, 1.54) is 0 Å². The molecule has 0 bridgehead atoms. The minimum atomic E-state index is -0.841. The molecule has 1 N–H and O–H groups in total. The van der Waals surface area contributed by atoms with Crippen molar-refractivity contribution < 1.29 is 9.52 Å². The molecular formula is C15H17ClO2. The Morgan fingerprint density at radius 2 is 2.06 bits per heavy atom. The van der Waals surface area contributed by atoms with Gasteiger partial charge in [-0.15, -0.1) is 0 Å². The normalized spacial score (nSPS) is 26.9. The molecule has 0 saturated heterocycles. The summed E-state index contributed by atoms with van der Waals surface area (Å²) < 4.78 is 5.80. The molecule has 0 spiro atoms. The topological polar surface area (TPSA) is 33.4 Å². The second-order valence-corrected chi connectivity index (χ2v) is 6.55. The molecule has 1 atom stereocenters. The van der Waals surface area contributed by atoms with Crippen molar-refractivity contribution in [2.75, 3.05) is 0 Å². The standard InChI is InChI=1S/C15H17ClO2/c1-14(2)6-7-15(17,9-14)12-8-10-4-3-5-11(16)13(10)18-12/h3-5,8,17H,6-7,9H2,1-2H3. The van der Waals surface area contributed by atoms with Crippen molar-refractivity contribution in [3.63, 3.8) is 0 Å². The van der Waals surface area contributed by atoms with Crippen LogP contribution in [-0.2, 0) is 5.60 Å². The number of fused-ring (bicyclic) bond motifs is 1. The predicted molar refractivity (Wildman–Crippen MR) is 72.8 cm³/mol. The van der Waals surface area contributed by atoms with E-state index in [9.17, 15) is 5.11 Å². The van der Waals surface area contributed by atoms with Crippen molar-refractivity contribution in [1.29, 1.82) is 0 Å². The summed E-state index contributed by atoms with van der Waals surface area (Å²) in [5.74, 6) is 0.649. The highest BCUT2D eigenvalue weighted by molar-refractivity contribution is 6.34. The number of furan rings is 1. The van der Waals surface area contributed by atoms with Gasteiger partial charge in [-0.1, -0.05) is 37.6 Å². The third kappa shape index (κ3) is 1.84. The Labute approximate surface area is 112 Å². The summed E-state index contributed by atoms with van der Waals surface area (Å²) in [5, 5.41) is 12.3. The second kappa shape index (κ2) is 3.75. The van der Waals surface area contributed by atoms with Gasteiger partial charge in [-0.3, -0.25) is 0 Å². The highest BCUT2D eigenvalue weighted by Crippen LogP contribution is 2.50. The number of para-hydroxylation sites is 1. The van der Waals surface area contributed by atoms with Crippen LogP contribution >= 0.6 is 11.6 Å². The average molecular weight is 265 g/mol. The van der Waals surface area contributed by atoms with E-state index in [2.05, 4.69) is 13.8 Å². The van der Waals surface area contributed by atoms with Crippen molar-refractivity contribution in [3.8, 4) is 0 Å². The first-order valence-electron chi connectivity index (χ1n) is 6.31. The van der Waals surface area contributed by atoms with Crippen molar-refractivity contribution in [2.45, 2.75) is 38.7 Å². The number of aliphatic hydroxyl groups is 1. The molecule has 0 aliphatic heterocycles. The highest BCUT2D eigenvalue weighted by Gasteiger charge is 2.45. The van der Waals surface area contributed by atoms with Gasteiger partial charge in [0.05, 0.1) is 5.02 Å². The second-order valence-electron chi connectivity index (χ2n) is 6.14. The lowest BCUT2D eigenvalue weighted by Crippen LogP contribution is -2.22. The van der Waals surface area contributed by atoms with Crippen LogP contribution in [0.5, 0.6) is 0 Å². The Morgan fingerprint density at radius 3 is 2.67 bits per heavy atom. The summed E-state index contributed by atoms with van der Waals surface area (Å²) in [4.78, 5) is 0. The fourth-order valence-corrected chi connectivity index (χ4v) is 3.20. The van der Waals surface area contributed by atoms with Gasteiger partial charge >= 0.3 is 0 Å². The first kappa shape index (κ1) is 12.1. The van der Waals surface area contributed by atoms with Crippen molar-refractivity contribution in [2.24, 2.45) is 5.41 Å². The van der Waals surface area contributed by atoms with E-state index in [0.29, 0.717) is 16.4 Å². The molecule has 1 saturated carbocycles. The Hall–Kier alpha value is -0.990. The molecule has 1 fully saturated rings. The smallest absolute Gasteiger partial charge is 0.153 e. The molecule has 1 heterocycles. The molecule has 1 unspecified atom stereocenters. The summed E-state index contributed by atoms with van der Waals surface area (Å²) in [6.45, 7) is 4.36. The van der Waals surface area contributed by atoms with Gasteiger partial charge in [0.15, 0.2) is 5.58 Å². The Balaban J connectivity index is 2.08. The van der Waals surface area contributed by atoms with Crippen molar-refractivity contribution in [3.05, 3.63) is 35.0 Å². The monoisotopic (exact) mass is 264 g/mol. The van der Waals surface area contributed by atoms with Gasteiger partial charge in [-0.25, -0.2) is 0 Å². The maximum atomic E-state index is 10.8. The zero-order valence-electron chi connectivity index (χ0n) is 10.7. The van der Waals surface area contributed by atoms with E-state index < -0.39 is 5.60 Å². The lowest BCUT2D eigenvalue weighted by Gasteiger charge is -2.22. The summed E-state index contributed by atoms with van der Waals surface area (Å²) in [5.41, 5.74) is -0.00379. The third-order valence-corrected chi connectivity index (χ3v) is 4.24. The van der Waals surface area contributed by atoms with E-state index in [0.717, 1.165) is 24.6 Å². The Kier molecular flexibility index (Phi) is 2.51. The van der Waals surface area contributed by atoms with E-state index in [1.54, 1.807) is 6.07 Å². The minimum Gasteiger partial charge on any atom is -0.456 e. The van der Waals surface area contributed by atoms with E-state index in [1.807, 2.05) is 18.2 Å². The van der Waals surface area contributed by atoms with Gasteiger partial charge in [0, 0.05) is 5.39 Å². The zero-order chi connectivity index (χ0) is 13.0. The molecule has 2 nitrogen and oxygen atoms in total. The third-order valence-electron chi connectivity index (χ3n) is 3.94. The average Bonchev–Trinajstić information content (AvgIpc) is 2.82. The SMILES string of the molecule is CC1(C)CCC(O)(c2cc3cccc(Cl)c3o2)C1. The number of hydrogen-bond donors (Lipinski definition) is 1. The van der Waals surface area contributed by atoms with E-state index in [4.69, 9.17) is 16.0 Å². The quantitative estimate of drug-likeness (QED) is 0.824. The molecule has 1 aromatic carbocycles. The van der Waals surface area contributed by atoms with Crippen LogP contribution in [0.2, 0.25) is 5.02 Å². The van der Waals surface area contributed by atoms with Crippen LogP contribution in [0.4, 0.5) is 0 Å². The number of benzene rings is 1. The first-order valence-corrected chi connectivity index (χ1v) is 6.68. The highest BCUT2D eigenvalue weighted by atomic mass is 35.5. The molecule has 3 rings (SSSR count). The molecule has 3 heteroatoms. The molecule has 0 amide bonds. The van der Waals surface area contributed by atoms with Crippen LogP contribution < -0.4 is 0 Å². The summed E-state index contributed by atoms with van der Waals surface area (Å²) in [6.07, 6.45) is 2.49. The molecule has 0 radical (unpaired) electrons. The molecule has 96 valence electrons. The van der Waals surface area contributed by atoms with Crippen molar-refractivity contribution in [1.82, 2.24) is 0 Å². The van der Waals surface area contributed by atoms with Gasteiger partial charge in [-0.05, 0) is 36.8 Å². The van der Waals surface area contributed by atoms with Crippen LogP contribution in [0, 0.1) is 5.41 Å². The lowest BCUT2D eigenvalue weighted by atomic mass is 9.88. The molecule has 18 heavy (non-hydrogen) atoms. The minimum absolute atomic E-state index is 0.164. The van der Waals surface area contributed by atoms with Crippen LogP contribution in [-0.4, -0.2) is 5.11 Å². The molecular weight excluding hydrogens is 248 g/mol. The zero-order valence-corrected chi connectivity index (χ0v) is 11.4. The van der Waals surface area contributed by atoms with Gasteiger partial charge in [0.2, 0.25) is 0 Å². The Morgan fingerprint density at radius 1 is 1.28 bits per heavy atom. The number of hydrogen-bond acceptors (Lipinski definition) is 2. The molecule has 1 aliphatic carbocycles. The van der Waals surface area contributed by atoms with Crippen LogP contribution in [0.3, 0.4) is 0 Å². The molecule has 1 aliphatic rings. The van der Waals surface area contributed by atoms with Gasteiger partial charge < -0.3 is 9.52 Å². The molecule has 1 aromatic heterocycles.